The lowest BCUT2D eigenvalue weighted by Gasteiger charge is -2.19. The van der Waals surface area contributed by atoms with Gasteiger partial charge in [-0.3, -0.25) is 4.79 Å². The van der Waals surface area contributed by atoms with Crippen LogP contribution in [-0.4, -0.2) is 30.1 Å². The van der Waals surface area contributed by atoms with Crippen molar-refractivity contribution in [3.05, 3.63) is 42.5 Å². The lowest BCUT2D eigenvalue weighted by molar-refractivity contribution is -0.109. The Morgan fingerprint density at radius 2 is 1.91 bits per heavy atom. The maximum atomic E-state index is 11.2. The number of rotatable bonds is 8. The average Bonchev–Trinajstić information content (AvgIpc) is 2.53. The van der Waals surface area contributed by atoms with Crippen LogP contribution in [0.5, 0.6) is 5.75 Å². The number of hydrogen-bond acceptors (Lipinski definition) is 4. The van der Waals surface area contributed by atoms with Crippen LogP contribution in [-0.2, 0) is 4.79 Å². The van der Waals surface area contributed by atoms with Gasteiger partial charge in [-0.25, -0.2) is 0 Å². The third-order valence-electron chi connectivity index (χ3n) is 3.56. The molecular formula is C19H25NO2S. The Hall–Kier alpha value is -1.52. The highest BCUT2D eigenvalue weighted by Gasteiger charge is 2.13. The van der Waals surface area contributed by atoms with Crippen molar-refractivity contribution in [1.82, 2.24) is 5.32 Å². The first-order valence-corrected chi connectivity index (χ1v) is 9.02. The molecule has 0 aliphatic carbocycles. The zero-order valence-corrected chi connectivity index (χ0v) is 14.9. The van der Waals surface area contributed by atoms with E-state index in [4.69, 9.17) is 4.74 Å². The number of benzene rings is 2. The molecule has 0 amide bonds. The highest BCUT2D eigenvalue weighted by atomic mass is 32.2. The minimum Gasteiger partial charge on any atom is -0.493 e. The first-order valence-electron chi connectivity index (χ1n) is 8.03. The van der Waals surface area contributed by atoms with E-state index in [0.717, 1.165) is 23.4 Å². The zero-order valence-electron chi connectivity index (χ0n) is 14.0. The van der Waals surface area contributed by atoms with Gasteiger partial charge in [0, 0.05) is 36.6 Å². The van der Waals surface area contributed by atoms with Crippen LogP contribution in [0, 0.1) is 5.92 Å². The standard InChI is InChI=1S/C19H25NO2S/c1-14(2)20-11-16(13-23-15(3)21)12-22-19-10-6-8-17-7-4-5-9-18(17)19/h4-10,14,16,20H,11-13H2,1-3H3. The molecule has 3 nitrogen and oxygen atoms in total. The summed E-state index contributed by atoms with van der Waals surface area (Å²) in [6, 6.07) is 14.8. The maximum absolute atomic E-state index is 11.2. The molecule has 0 aromatic heterocycles. The lowest BCUT2D eigenvalue weighted by atomic mass is 10.1. The fourth-order valence-corrected chi connectivity index (χ4v) is 3.02. The Kier molecular flexibility index (Phi) is 6.93. The number of thioether (sulfide) groups is 1. The van der Waals surface area contributed by atoms with Gasteiger partial charge >= 0.3 is 0 Å². The second-order valence-electron chi connectivity index (χ2n) is 6.02. The van der Waals surface area contributed by atoms with Gasteiger partial charge in [-0.05, 0) is 11.5 Å². The first-order chi connectivity index (χ1) is 11.1. The molecule has 0 radical (unpaired) electrons. The summed E-state index contributed by atoms with van der Waals surface area (Å²) in [4.78, 5) is 11.2. The second kappa shape index (κ2) is 8.94. The van der Waals surface area contributed by atoms with Gasteiger partial charge in [0.25, 0.3) is 0 Å². The van der Waals surface area contributed by atoms with Crippen molar-refractivity contribution in [3.8, 4) is 5.75 Å². The predicted octanol–water partition coefficient (Wildman–Crippen LogP) is 4.11. The molecule has 1 N–H and O–H groups in total. The number of fused-ring (bicyclic) bond motifs is 1. The molecule has 0 bridgehead atoms. The molecule has 0 saturated heterocycles. The summed E-state index contributed by atoms with van der Waals surface area (Å²) in [6.07, 6.45) is 0. The molecule has 0 fully saturated rings. The number of ether oxygens (including phenoxy) is 1. The quantitative estimate of drug-likeness (QED) is 0.790. The van der Waals surface area contributed by atoms with Crippen molar-refractivity contribution in [2.24, 2.45) is 5.92 Å². The minimum atomic E-state index is 0.157. The van der Waals surface area contributed by atoms with Crippen molar-refractivity contribution in [3.63, 3.8) is 0 Å². The molecule has 0 aliphatic heterocycles. The van der Waals surface area contributed by atoms with Gasteiger partial charge in [0.05, 0.1) is 6.61 Å². The van der Waals surface area contributed by atoms with Crippen LogP contribution in [0.1, 0.15) is 20.8 Å². The van der Waals surface area contributed by atoms with E-state index in [0.29, 0.717) is 18.6 Å². The summed E-state index contributed by atoms with van der Waals surface area (Å²) in [5, 5.41) is 5.91. The first kappa shape index (κ1) is 17.8. The van der Waals surface area contributed by atoms with Gasteiger partial charge in [0.1, 0.15) is 5.75 Å². The van der Waals surface area contributed by atoms with Crippen molar-refractivity contribution in [2.75, 3.05) is 18.9 Å². The van der Waals surface area contributed by atoms with E-state index in [9.17, 15) is 4.79 Å². The summed E-state index contributed by atoms with van der Waals surface area (Å²) < 4.78 is 6.08. The molecule has 2 rings (SSSR count). The Bertz CT molecular complexity index is 637. The average molecular weight is 331 g/mol. The molecule has 1 unspecified atom stereocenters. The van der Waals surface area contributed by atoms with Crippen LogP contribution in [0.15, 0.2) is 42.5 Å². The van der Waals surface area contributed by atoms with Crippen molar-refractivity contribution in [1.29, 1.82) is 0 Å². The van der Waals surface area contributed by atoms with Gasteiger partial charge in [0.15, 0.2) is 5.12 Å². The van der Waals surface area contributed by atoms with Crippen LogP contribution >= 0.6 is 11.8 Å². The van der Waals surface area contributed by atoms with E-state index < -0.39 is 0 Å². The van der Waals surface area contributed by atoms with Gasteiger partial charge in [-0.1, -0.05) is 62.0 Å². The smallest absolute Gasteiger partial charge is 0.185 e. The molecule has 0 aliphatic rings. The van der Waals surface area contributed by atoms with E-state index in [1.165, 1.54) is 17.1 Å². The van der Waals surface area contributed by atoms with Crippen molar-refractivity contribution in [2.45, 2.75) is 26.8 Å². The summed E-state index contributed by atoms with van der Waals surface area (Å²) in [7, 11) is 0. The van der Waals surface area contributed by atoms with Gasteiger partial charge in [-0.2, -0.15) is 0 Å². The third-order valence-corrected chi connectivity index (χ3v) is 4.61. The topological polar surface area (TPSA) is 38.3 Å². The van der Waals surface area contributed by atoms with Gasteiger partial charge in [0.2, 0.25) is 0 Å². The Labute approximate surface area is 142 Å². The molecule has 4 heteroatoms. The van der Waals surface area contributed by atoms with Crippen LogP contribution < -0.4 is 10.1 Å². The second-order valence-corrected chi connectivity index (χ2v) is 7.22. The molecule has 1 atom stereocenters. The summed E-state index contributed by atoms with van der Waals surface area (Å²) >= 11 is 1.37. The van der Waals surface area contributed by atoms with Gasteiger partial charge < -0.3 is 10.1 Å². The van der Waals surface area contributed by atoms with Crippen LogP contribution in [0.3, 0.4) is 0 Å². The van der Waals surface area contributed by atoms with E-state index in [1.54, 1.807) is 6.92 Å². The van der Waals surface area contributed by atoms with Crippen LogP contribution in [0.25, 0.3) is 10.8 Å². The minimum absolute atomic E-state index is 0.157. The molecular weight excluding hydrogens is 306 g/mol. The molecule has 0 heterocycles. The molecule has 2 aromatic rings. The van der Waals surface area contributed by atoms with Crippen LogP contribution in [0.2, 0.25) is 0 Å². The maximum Gasteiger partial charge on any atom is 0.185 e. The fraction of sp³-hybridized carbons (Fsp3) is 0.421. The lowest BCUT2D eigenvalue weighted by Crippen LogP contribution is -2.33. The summed E-state index contributed by atoms with van der Waals surface area (Å²) in [6.45, 7) is 7.32. The number of hydrogen-bond donors (Lipinski definition) is 1. The Balaban J connectivity index is 2.01. The Morgan fingerprint density at radius 1 is 1.17 bits per heavy atom. The predicted molar refractivity (Wildman–Crippen MR) is 99.2 cm³/mol. The molecule has 23 heavy (non-hydrogen) atoms. The summed E-state index contributed by atoms with van der Waals surface area (Å²) in [5.74, 6) is 1.98. The normalized spacial score (nSPS) is 12.5. The van der Waals surface area contributed by atoms with Crippen LogP contribution in [0.4, 0.5) is 0 Å². The van der Waals surface area contributed by atoms with E-state index in [2.05, 4.69) is 37.4 Å². The Morgan fingerprint density at radius 3 is 2.65 bits per heavy atom. The molecule has 0 saturated carbocycles. The number of nitrogens with one attached hydrogen (secondary N) is 1. The molecule has 2 aromatic carbocycles. The number of carbonyl (C=O) groups excluding carboxylic acids is 1. The zero-order chi connectivity index (χ0) is 16.7. The monoisotopic (exact) mass is 331 g/mol. The van der Waals surface area contributed by atoms with Crippen molar-refractivity contribution >= 4 is 27.6 Å². The van der Waals surface area contributed by atoms with Crippen molar-refractivity contribution < 1.29 is 9.53 Å². The highest BCUT2D eigenvalue weighted by Crippen LogP contribution is 2.25. The number of carbonyl (C=O) groups is 1. The summed E-state index contributed by atoms with van der Waals surface area (Å²) in [5.41, 5.74) is 0. The van der Waals surface area contributed by atoms with Gasteiger partial charge in [-0.15, -0.1) is 0 Å². The molecule has 124 valence electrons. The van der Waals surface area contributed by atoms with E-state index in [1.807, 2.05) is 24.3 Å². The van der Waals surface area contributed by atoms with E-state index >= 15 is 0 Å². The third kappa shape index (κ3) is 5.88. The van der Waals surface area contributed by atoms with E-state index in [-0.39, 0.29) is 5.12 Å². The highest BCUT2D eigenvalue weighted by molar-refractivity contribution is 8.13. The molecule has 0 spiro atoms. The SMILES string of the molecule is CC(=O)SCC(CNC(C)C)COc1cccc2ccccc12. The fourth-order valence-electron chi connectivity index (χ4n) is 2.33. The largest absolute Gasteiger partial charge is 0.493 e.